The lowest BCUT2D eigenvalue weighted by molar-refractivity contribution is 0.0948. The molecule has 0 unspecified atom stereocenters. The first-order valence-corrected chi connectivity index (χ1v) is 6.76. The number of benzene rings is 1. The van der Waals surface area contributed by atoms with Gasteiger partial charge in [-0.25, -0.2) is 9.97 Å². The van der Waals surface area contributed by atoms with Crippen molar-refractivity contribution in [2.45, 2.75) is 6.42 Å². The lowest BCUT2D eigenvalue weighted by Crippen LogP contribution is -2.27. The number of para-hydroxylation sites is 1. The summed E-state index contributed by atoms with van der Waals surface area (Å²) in [6.07, 6.45) is 4.77. The molecule has 0 atom stereocenters. The van der Waals surface area contributed by atoms with E-state index in [1.165, 1.54) is 18.6 Å². The van der Waals surface area contributed by atoms with E-state index in [-0.39, 0.29) is 17.2 Å². The standard InChI is InChI=1S/C15H13N5O2/c21-14-10-3-1-2-4-11(10)19-13(20-14)5-6-18-15(22)12-9-16-7-8-17-12/h1-4,7-9H,5-6H2,(H,18,22)(H,19,20,21). The summed E-state index contributed by atoms with van der Waals surface area (Å²) >= 11 is 0. The van der Waals surface area contributed by atoms with Gasteiger partial charge >= 0.3 is 0 Å². The number of hydrogen-bond donors (Lipinski definition) is 2. The van der Waals surface area contributed by atoms with E-state index < -0.39 is 0 Å². The predicted molar refractivity (Wildman–Crippen MR) is 80.4 cm³/mol. The van der Waals surface area contributed by atoms with Gasteiger partial charge in [0.05, 0.1) is 17.1 Å². The van der Waals surface area contributed by atoms with Crippen molar-refractivity contribution in [2.24, 2.45) is 0 Å². The van der Waals surface area contributed by atoms with Crippen LogP contribution in [0, 0.1) is 0 Å². The lowest BCUT2D eigenvalue weighted by Gasteiger charge is -2.05. The molecule has 0 aliphatic heterocycles. The molecule has 7 heteroatoms. The molecule has 0 bridgehead atoms. The molecule has 0 saturated heterocycles. The van der Waals surface area contributed by atoms with Gasteiger partial charge in [0.25, 0.3) is 11.5 Å². The molecular formula is C15H13N5O2. The number of rotatable bonds is 4. The Labute approximate surface area is 125 Å². The second-order valence-electron chi connectivity index (χ2n) is 4.63. The number of hydrogen-bond acceptors (Lipinski definition) is 5. The Morgan fingerprint density at radius 3 is 2.91 bits per heavy atom. The van der Waals surface area contributed by atoms with E-state index in [1.54, 1.807) is 18.2 Å². The van der Waals surface area contributed by atoms with Crippen LogP contribution in [0.25, 0.3) is 10.9 Å². The van der Waals surface area contributed by atoms with Crippen molar-refractivity contribution >= 4 is 16.8 Å². The van der Waals surface area contributed by atoms with Crippen molar-refractivity contribution < 1.29 is 4.79 Å². The van der Waals surface area contributed by atoms with Gasteiger partial charge in [0.2, 0.25) is 0 Å². The molecule has 1 aromatic carbocycles. The Balaban J connectivity index is 1.67. The highest BCUT2D eigenvalue weighted by atomic mass is 16.2. The molecule has 2 N–H and O–H groups in total. The quantitative estimate of drug-likeness (QED) is 0.737. The molecular weight excluding hydrogens is 282 g/mol. The highest BCUT2D eigenvalue weighted by molar-refractivity contribution is 5.91. The first kappa shape index (κ1) is 13.9. The monoisotopic (exact) mass is 295 g/mol. The van der Waals surface area contributed by atoms with E-state index in [1.807, 2.05) is 6.07 Å². The minimum atomic E-state index is -0.309. The molecule has 22 heavy (non-hydrogen) atoms. The van der Waals surface area contributed by atoms with Crippen LogP contribution in [-0.4, -0.2) is 32.4 Å². The number of nitrogens with zero attached hydrogens (tertiary/aromatic N) is 3. The molecule has 7 nitrogen and oxygen atoms in total. The number of carbonyl (C=O) groups is 1. The third-order valence-electron chi connectivity index (χ3n) is 3.11. The number of carbonyl (C=O) groups excluding carboxylic acids is 1. The van der Waals surface area contributed by atoms with Crippen LogP contribution < -0.4 is 10.9 Å². The zero-order valence-electron chi connectivity index (χ0n) is 11.6. The molecule has 110 valence electrons. The fourth-order valence-corrected chi connectivity index (χ4v) is 2.05. The van der Waals surface area contributed by atoms with Crippen molar-refractivity contribution in [1.82, 2.24) is 25.3 Å². The Hall–Kier alpha value is -3.09. The lowest BCUT2D eigenvalue weighted by atomic mass is 10.2. The third-order valence-corrected chi connectivity index (χ3v) is 3.11. The molecule has 0 saturated carbocycles. The second-order valence-corrected chi connectivity index (χ2v) is 4.63. The number of fused-ring (bicyclic) bond motifs is 1. The first-order valence-electron chi connectivity index (χ1n) is 6.76. The number of aromatic nitrogens is 4. The van der Waals surface area contributed by atoms with Gasteiger partial charge in [0.15, 0.2) is 0 Å². The Bertz CT molecular complexity index is 860. The van der Waals surface area contributed by atoms with Crippen LogP contribution in [0.2, 0.25) is 0 Å². The average molecular weight is 295 g/mol. The maximum absolute atomic E-state index is 11.9. The maximum Gasteiger partial charge on any atom is 0.271 e. The minimum absolute atomic E-state index is 0.180. The number of H-pyrrole nitrogens is 1. The Morgan fingerprint density at radius 1 is 1.23 bits per heavy atom. The summed E-state index contributed by atoms with van der Waals surface area (Å²) in [6, 6.07) is 7.13. The van der Waals surface area contributed by atoms with Gasteiger partial charge in [-0.05, 0) is 12.1 Å². The van der Waals surface area contributed by atoms with Gasteiger partial charge in [-0.2, -0.15) is 0 Å². The molecule has 2 heterocycles. The molecule has 0 fully saturated rings. The van der Waals surface area contributed by atoms with Gasteiger partial charge in [-0.3, -0.25) is 14.6 Å². The molecule has 0 aliphatic rings. The van der Waals surface area contributed by atoms with Gasteiger partial charge in [-0.1, -0.05) is 12.1 Å². The van der Waals surface area contributed by atoms with Crippen molar-refractivity contribution in [1.29, 1.82) is 0 Å². The molecule has 2 aromatic heterocycles. The smallest absolute Gasteiger partial charge is 0.271 e. The first-order chi connectivity index (χ1) is 10.7. The van der Waals surface area contributed by atoms with Crippen LogP contribution in [0.15, 0.2) is 47.7 Å². The van der Waals surface area contributed by atoms with Crippen molar-refractivity contribution in [3.8, 4) is 0 Å². The summed E-state index contributed by atoms with van der Waals surface area (Å²) in [5.74, 6) is 0.222. The summed E-state index contributed by atoms with van der Waals surface area (Å²) in [4.78, 5) is 38.6. The van der Waals surface area contributed by atoms with Crippen LogP contribution in [0.4, 0.5) is 0 Å². The molecule has 1 amide bonds. The molecule has 0 aliphatic carbocycles. The number of nitrogens with one attached hydrogen (secondary N) is 2. The highest BCUT2D eigenvalue weighted by Crippen LogP contribution is 2.05. The molecule has 0 radical (unpaired) electrons. The highest BCUT2D eigenvalue weighted by Gasteiger charge is 2.07. The molecule has 0 spiro atoms. The Morgan fingerprint density at radius 2 is 2.09 bits per heavy atom. The molecule has 3 rings (SSSR count). The summed E-state index contributed by atoms with van der Waals surface area (Å²) in [6.45, 7) is 0.344. The summed E-state index contributed by atoms with van der Waals surface area (Å²) in [5.41, 5.74) is 0.713. The van der Waals surface area contributed by atoms with E-state index in [9.17, 15) is 9.59 Å². The number of amides is 1. The van der Waals surface area contributed by atoms with Gasteiger partial charge in [0, 0.05) is 25.4 Å². The van der Waals surface area contributed by atoms with Crippen LogP contribution in [0.5, 0.6) is 0 Å². The second kappa shape index (κ2) is 6.13. The summed E-state index contributed by atoms with van der Waals surface area (Å²) < 4.78 is 0. The van der Waals surface area contributed by atoms with Crippen molar-refractivity contribution in [2.75, 3.05) is 6.54 Å². The molecule has 3 aromatic rings. The van der Waals surface area contributed by atoms with E-state index in [0.29, 0.717) is 29.7 Å². The van der Waals surface area contributed by atoms with Crippen LogP contribution >= 0.6 is 0 Å². The third kappa shape index (κ3) is 2.98. The topological polar surface area (TPSA) is 101 Å². The minimum Gasteiger partial charge on any atom is -0.350 e. The average Bonchev–Trinajstić information content (AvgIpc) is 2.56. The largest absolute Gasteiger partial charge is 0.350 e. The SMILES string of the molecule is O=C(NCCc1nc2ccccc2c(=O)[nH]1)c1cnccn1. The normalized spacial score (nSPS) is 10.5. The summed E-state index contributed by atoms with van der Waals surface area (Å²) in [5, 5.41) is 3.26. The predicted octanol–water partition coefficient (Wildman–Crippen LogP) is 0.686. The number of aromatic amines is 1. The Kier molecular flexibility index (Phi) is 3.86. The van der Waals surface area contributed by atoms with E-state index in [4.69, 9.17) is 0 Å². The van der Waals surface area contributed by atoms with Gasteiger partial charge < -0.3 is 10.3 Å². The van der Waals surface area contributed by atoms with Crippen LogP contribution in [0.1, 0.15) is 16.3 Å². The van der Waals surface area contributed by atoms with Crippen LogP contribution in [-0.2, 0) is 6.42 Å². The fourth-order valence-electron chi connectivity index (χ4n) is 2.05. The van der Waals surface area contributed by atoms with E-state index >= 15 is 0 Å². The maximum atomic E-state index is 11.9. The van der Waals surface area contributed by atoms with Gasteiger partial charge in [0.1, 0.15) is 11.5 Å². The van der Waals surface area contributed by atoms with Crippen molar-refractivity contribution in [3.05, 3.63) is 64.7 Å². The van der Waals surface area contributed by atoms with E-state index in [2.05, 4.69) is 25.3 Å². The van der Waals surface area contributed by atoms with Crippen LogP contribution in [0.3, 0.4) is 0 Å². The zero-order chi connectivity index (χ0) is 15.4. The summed E-state index contributed by atoms with van der Waals surface area (Å²) in [7, 11) is 0. The zero-order valence-corrected chi connectivity index (χ0v) is 11.6. The van der Waals surface area contributed by atoms with Gasteiger partial charge in [-0.15, -0.1) is 0 Å². The van der Waals surface area contributed by atoms with E-state index in [0.717, 1.165) is 0 Å². The fraction of sp³-hybridized carbons (Fsp3) is 0.133. The van der Waals surface area contributed by atoms with Crippen molar-refractivity contribution in [3.63, 3.8) is 0 Å².